The number of rotatable bonds is 8. The van der Waals surface area contributed by atoms with Gasteiger partial charge in [-0.3, -0.25) is 0 Å². The largest absolute Gasteiger partial charge is 0.369 e. The summed E-state index contributed by atoms with van der Waals surface area (Å²) in [7, 11) is -2.06. The summed E-state index contributed by atoms with van der Waals surface area (Å²) in [6.45, 7) is 0.871. The summed E-state index contributed by atoms with van der Waals surface area (Å²) in [5, 5.41) is 11.1. The number of aromatic nitrogens is 4. The zero-order valence-corrected chi connectivity index (χ0v) is 19.3. The summed E-state index contributed by atoms with van der Waals surface area (Å²) >= 11 is 6.25. The molecule has 1 fully saturated rings. The highest BCUT2D eigenvalue weighted by Gasteiger charge is 2.29. The van der Waals surface area contributed by atoms with E-state index in [1.807, 2.05) is 18.2 Å². The predicted molar refractivity (Wildman–Crippen MR) is 127 cm³/mol. The van der Waals surface area contributed by atoms with Gasteiger partial charge in [0.2, 0.25) is 5.28 Å². The molecule has 5 rings (SSSR count). The van der Waals surface area contributed by atoms with E-state index in [-0.39, 0.29) is 24.0 Å². The summed E-state index contributed by atoms with van der Waals surface area (Å²) in [6.07, 6.45) is 2.68. The summed E-state index contributed by atoms with van der Waals surface area (Å²) < 4.78 is 13.1. The highest BCUT2D eigenvalue weighted by atomic mass is 35.5. The lowest BCUT2D eigenvalue weighted by Crippen LogP contribution is -2.17. The van der Waals surface area contributed by atoms with Crippen molar-refractivity contribution in [1.29, 1.82) is 0 Å². The third-order valence-electron chi connectivity index (χ3n) is 5.62. The molecule has 33 heavy (non-hydrogen) atoms. The molecule has 2 unspecified atom stereocenters. The zero-order valence-electron chi connectivity index (χ0n) is 17.6. The number of fused-ring (bicyclic) bond motifs is 2. The molecule has 0 bridgehead atoms. The van der Waals surface area contributed by atoms with Crippen LogP contribution in [-0.2, 0) is 16.0 Å². The van der Waals surface area contributed by atoms with Gasteiger partial charge in [0.15, 0.2) is 20.3 Å². The fourth-order valence-corrected chi connectivity index (χ4v) is 4.56. The Kier molecular flexibility index (Phi) is 6.69. The van der Waals surface area contributed by atoms with E-state index in [4.69, 9.17) is 30.9 Å². The van der Waals surface area contributed by atoms with Crippen molar-refractivity contribution in [2.45, 2.75) is 31.7 Å². The fraction of sp³-hybridized carbons (Fsp3) is 0.318. The van der Waals surface area contributed by atoms with Gasteiger partial charge in [-0.05, 0) is 40.8 Å². The van der Waals surface area contributed by atoms with Crippen molar-refractivity contribution in [3.63, 3.8) is 0 Å². The number of benzene rings is 2. The highest BCUT2D eigenvalue weighted by Crippen LogP contribution is 2.33. The van der Waals surface area contributed by atoms with Gasteiger partial charge in [-0.25, -0.2) is 4.68 Å². The molecule has 2 atom stereocenters. The smallest absolute Gasteiger partial charge is 0.226 e. The van der Waals surface area contributed by atoms with Gasteiger partial charge in [0.25, 0.3) is 0 Å². The predicted octanol–water partition coefficient (Wildman–Crippen LogP) is 4.19. The van der Waals surface area contributed by atoms with Crippen LogP contribution in [0.5, 0.6) is 0 Å². The van der Waals surface area contributed by atoms with Crippen molar-refractivity contribution >= 4 is 47.6 Å². The lowest BCUT2D eigenvalue weighted by molar-refractivity contribution is -0.0384. The minimum atomic E-state index is -2.06. The minimum absolute atomic E-state index is 0.0842. The molecule has 0 spiro atoms. The topological polar surface area (TPSA) is 115 Å². The molecule has 1 aliphatic rings. The zero-order chi connectivity index (χ0) is 22.8. The first kappa shape index (κ1) is 22.4. The summed E-state index contributed by atoms with van der Waals surface area (Å²) in [6, 6.07) is 14.5. The van der Waals surface area contributed by atoms with Gasteiger partial charge in [0, 0.05) is 6.54 Å². The Morgan fingerprint density at radius 1 is 1.12 bits per heavy atom. The SMILES string of the molecule is OP(O)COCC1CCC(n2ncc3c(NCc4cccc5ccccc45)nc(Cl)nc32)O1. The van der Waals surface area contributed by atoms with Gasteiger partial charge in [0.05, 0.1) is 24.3 Å². The molecular formula is C22H23ClN5O4P. The lowest BCUT2D eigenvalue weighted by atomic mass is 10.0. The van der Waals surface area contributed by atoms with Gasteiger partial charge in [-0.2, -0.15) is 15.1 Å². The maximum absolute atomic E-state index is 8.98. The number of hydrogen-bond donors (Lipinski definition) is 3. The van der Waals surface area contributed by atoms with E-state index >= 15 is 0 Å². The Labute approximate surface area is 196 Å². The fourth-order valence-electron chi connectivity index (χ4n) is 4.13. The second-order valence-electron chi connectivity index (χ2n) is 7.82. The Hall–Kier alpha value is -2.39. The minimum Gasteiger partial charge on any atom is -0.369 e. The van der Waals surface area contributed by atoms with Crippen LogP contribution in [0.15, 0.2) is 48.7 Å². The Balaban J connectivity index is 1.34. The van der Waals surface area contributed by atoms with Crippen molar-refractivity contribution in [2.24, 2.45) is 0 Å². The average molecular weight is 488 g/mol. The number of nitrogens with zero attached hydrogens (tertiary/aromatic N) is 4. The van der Waals surface area contributed by atoms with E-state index in [9.17, 15) is 0 Å². The van der Waals surface area contributed by atoms with E-state index in [1.54, 1.807) is 10.9 Å². The standard InChI is InChI=1S/C22H23ClN5O4P/c23-22-26-20(24-10-15-6-3-5-14-4-1-2-7-17(14)15)18-11-25-28(21(18)27-22)19-9-8-16(32-19)12-31-13-33(29)30/h1-7,11,16,19,29-30H,8-10,12-13H2,(H,24,26,27). The third-order valence-corrected chi connectivity index (χ3v) is 6.20. The first-order valence-corrected chi connectivity index (χ1v) is 12.4. The number of hydrogen-bond acceptors (Lipinski definition) is 8. The molecule has 0 aliphatic carbocycles. The van der Waals surface area contributed by atoms with Crippen molar-refractivity contribution in [3.8, 4) is 0 Å². The van der Waals surface area contributed by atoms with Crippen LogP contribution in [0.4, 0.5) is 5.82 Å². The Morgan fingerprint density at radius 2 is 1.97 bits per heavy atom. The van der Waals surface area contributed by atoms with Crippen LogP contribution in [0, 0.1) is 0 Å². The van der Waals surface area contributed by atoms with E-state index in [2.05, 4.69) is 44.6 Å². The normalized spacial score (nSPS) is 18.5. The second kappa shape index (κ2) is 9.85. The van der Waals surface area contributed by atoms with E-state index < -0.39 is 8.38 Å². The van der Waals surface area contributed by atoms with Crippen LogP contribution < -0.4 is 5.32 Å². The summed E-state index contributed by atoms with van der Waals surface area (Å²) in [5.41, 5.74) is 1.75. The summed E-state index contributed by atoms with van der Waals surface area (Å²) in [5.74, 6) is 0.612. The van der Waals surface area contributed by atoms with Crippen LogP contribution in [0.3, 0.4) is 0 Å². The van der Waals surface area contributed by atoms with Crippen molar-refractivity contribution < 1.29 is 19.3 Å². The van der Waals surface area contributed by atoms with Gasteiger partial charge >= 0.3 is 0 Å². The summed E-state index contributed by atoms with van der Waals surface area (Å²) in [4.78, 5) is 26.7. The van der Waals surface area contributed by atoms with E-state index in [0.717, 1.165) is 23.8 Å². The molecule has 3 N–H and O–H groups in total. The molecule has 2 aromatic heterocycles. The monoisotopic (exact) mass is 487 g/mol. The molecule has 1 saturated heterocycles. The maximum atomic E-state index is 8.98. The highest BCUT2D eigenvalue weighted by molar-refractivity contribution is 7.44. The molecule has 2 aromatic carbocycles. The van der Waals surface area contributed by atoms with Gasteiger partial charge < -0.3 is 24.6 Å². The van der Waals surface area contributed by atoms with Crippen LogP contribution in [0.25, 0.3) is 21.8 Å². The first-order chi connectivity index (χ1) is 16.1. The number of ether oxygens (including phenoxy) is 2. The van der Waals surface area contributed by atoms with E-state index in [0.29, 0.717) is 24.6 Å². The van der Waals surface area contributed by atoms with E-state index in [1.165, 1.54) is 10.8 Å². The molecule has 0 saturated carbocycles. The molecule has 0 amide bonds. The Bertz CT molecular complexity index is 1260. The average Bonchev–Trinajstić information content (AvgIpc) is 3.44. The maximum Gasteiger partial charge on any atom is 0.226 e. The second-order valence-corrected chi connectivity index (χ2v) is 9.16. The molecule has 3 heterocycles. The lowest BCUT2D eigenvalue weighted by Gasteiger charge is -2.15. The van der Waals surface area contributed by atoms with Crippen LogP contribution >= 0.6 is 20.0 Å². The van der Waals surface area contributed by atoms with Gasteiger partial charge in [-0.1, -0.05) is 42.5 Å². The molecule has 11 heteroatoms. The Morgan fingerprint density at radius 3 is 2.85 bits per heavy atom. The molecule has 4 aromatic rings. The first-order valence-electron chi connectivity index (χ1n) is 10.6. The number of nitrogens with one attached hydrogen (secondary N) is 1. The van der Waals surface area contributed by atoms with Crippen molar-refractivity contribution in [1.82, 2.24) is 19.7 Å². The molecule has 1 aliphatic heterocycles. The van der Waals surface area contributed by atoms with Crippen molar-refractivity contribution in [3.05, 3.63) is 59.5 Å². The van der Waals surface area contributed by atoms with Crippen LogP contribution in [-0.4, -0.2) is 48.6 Å². The molecular weight excluding hydrogens is 465 g/mol. The molecule has 0 radical (unpaired) electrons. The number of halogens is 1. The third kappa shape index (κ3) is 4.94. The van der Waals surface area contributed by atoms with Crippen molar-refractivity contribution in [2.75, 3.05) is 18.3 Å². The number of anilines is 1. The quantitative estimate of drug-likeness (QED) is 0.250. The van der Waals surface area contributed by atoms with Crippen LogP contribution in [0.1, 0.15) is 24.6 Å². The van der Waals surface area contributed by atoms with Crippen LogP contribution in [0.2, 0.25) is 5.28 Å². The molecule has 9 nitrogen and oxygen atoms in total. The van der Waals surface area contributed by atoms with Gasteiger partial charge in [-0.15, -0.1) is 0 Å². The molecule has 172 valence electrons. The van der Waals surface area contributed by atoms with Gasteiger partial charge in [0.1, 0.15) is 12.2 Å².